The van der Waals surface area contributed by atoms with Crippen LogP contribution >= 0.6 is 0 Å². The van der Waals surface area contributed by atoms with Gasteiger partial charge in [-0.3, -0.25) is 4.79 Å². The fourth-order valence-electron chi connectivity index (χ4n) is 2.89. The van der Waals surface area contributed by atoms with Crippen molar-refractivity contribution in [2.24, 2.45) is 0 Å². The molecule has 1 aliphatic rings. The number of morpholine rings is 1. The van der Waals surface area contributed by atoms with Crippen molar-refractivity contribution in [3.8, 4) is 0 Å². The first-order valence-corrected chi connectivity index (χ1v) is 8.76. The van der Waals surface area contributed by atoms with Crippen molar-refractivity contribution >= 4 is 23.4 Å². The summed E-state index contributed by atoms with van der Waals surface area (Å²) in [5.74, 6) is -0.0505. The lowest BCUT2D eigenvalue weighted by molar-refractivity contribution is -0.112. The van der Waals surface area contributed by atoms with Gasteiger partial charge in [-0.15, -0.1) is 0 Å². The van der Waals surface area contributed by atoms with Crippen molar-refractivity contribution in [3.05, 3.63) is 65.7 Å². The quantitative estimate of drug-likeness (QED) is 0.841. The Morgan fingerprint density at radius 1 is 1.12 bits per heavy atom. The SMILES string of the molecule is CC/C(=C\c1ccccc1)C(=O)Nc1cccc(N2CCOCC2)c1. The Morgan fingerprint density at radius 2 is 1.88 bits per heavy atom. The summed E-state index contributed by atoms with van der Waals surface area (Å²) in [6.45, 7) is 5.25. The molecule has 0 aromatic heterocycles. The van der Waals surface area contributed by atoms with E-state index in [2.05, 4.69) is 16.3 Å². The van der Waals surface area contributed by atoms with Crippen LogP contribution < -0.4 is 10.2 Å². The lowest BCUT2D eigenvalue weighted by atomic mass is 10.1. The van der Waals surface area contributed by atoms with Crippen LogP contribution in [0.3, 0.4) is 0 Å². The third-order valence-electron chi connectivity index (χ3n) is 4.29. The van der Waals surface area contributed by atoms with Gasteiger partial charge >= 0.3 is 0 Å². The fraction of sp³-hybridized carbons (Fsp3) is 0.286. The molecule has 1 amide bonds. The number of nitrogens with zero attached hydrogens (tertiary/aromatic N) is 1. The van der Waals surface area contributed by atoms with E-state index in [4.69, 9.17) is 4.74 Å². The maximum atomic E-state index is 12.6. The zero-order valence-electron chi connectivity index (χ0n) is 14.6. The van der Waals surface area contributed by atoms with Gasteiger partial charge in [-0.2, -0.15) is 0 Å². The summed E-state index contributed by atoms with van der Waals surface area (Å²) in [6, 6.07) is 17.9. The Kier molecular flexibility index (Phi) is 5.86. The van der Waals surface area contributed by atoms with Gasteiger partial charge in [-0.25, -0.2) is 0 Å². The highest BCUT2D eigenvalue weighted by Gasteiger charge is 2.13. The Morgan fingerprint density at radius 3 is 2.60 bits per heavy atom. The van der Waals surface area contributed by atoms with E-state index < -0.39 is 0 Å². The number of benzene rings is 2. The minimum Gasteiger partial charge on any atom is -0.378 e. The van der Waals surface area contributed by atoms with Crippen molar-refractivity contribution in [2.75, 3.05) is 36.5 Å². The molecule has 0 atom stereocenters. The Bertz CT molecular complexity index is 735. The van der Waals surface area contributed by atoms with E-state index in [1.165, 1.54) is 0 Å². The number of ether oxygens (including phenoxy) is 1. The summed E-state index contributed by atoms with van der Waals surface area (Å²) in [6.07, 6.45) is 2.63. The number of carbonyl (C=O) groups excluding carboxylic acids is 1. The lowest BCUT2D eigenvalue weighted by Gasteiger charge is -2.29. The van der Waals surface area contributed by atoms with E-state index >= 15 is 0 Å². The third-order valence-corrected chi connectivity index (χ3v) is 4.29. The van der Waals surface area contributed by atoms with Crippen molar-refractivity contribution in [1.29, 1.82) is 0 Å². The number of hydrogen-bond donors (Lipinski definition) is 1. The van der Waals surface area contributed by atoms with Gasteiger partial charge < -0.3 is 15.0 Å². The van der Waals surface area contributed by atoms with Crippen LogP contribution in [0.1, 0.15) is 18.9 Å². The van der Waals surface area contributed by atoms with Gasteiger partial charge in [-0.1, -0.05) is 43.3 Å². The summed E-state index contributed by atoms with van der Waals surface area (Å²) in [5.41, 5.74) is 3.74. The van der Waals surface area contributed by atoms with E-state index in [9.17, 15) is 4.79 Å². The van der Waals surface area contributed by atoms with Crippen molar-refractivity contribution < 1.29 is 9.53 Å². The molecule has 25 heavy (non-hydrogen) atoms. The molecule has 3 rings (SSSR count). The van der Waals surface area contributed by atoms with Crippen molar-refractivity contribution in [2.45, 2.75) is 13.3 Å². The predicted molar refractivity (Wildman–Crippen MR) is 103 cm³/mol. The molecule has 4 nitrogen and oxygen atoms in total. The molecule has 0 spiro atoms. The monoisotopic (exact) mass is 336 g/mol. The lowest BCUT2D eigenvalue weighted by Crippen LogP contribution is -2.36. The molecular weight excluding hydrogens is 312 g/mol. The summed E-state index contributed by atoms with van der Waals surface area (Å²) in [4.78, 5) is 14.9. The zero-order valence-corrected chi connectivity index (χ0v) is 14.6. The summed E-state index contributed by atoms with van der Waals surface area (Å²) >= 11 is 0. The average Bonchev–Trinajstić information content (AvgIpc) is 2.68. The normalized spacial score (nSPS) is 15.1. The first kappa shape index (κ1) is 17.2. The van der Waals surface area contributed by atoms with Gasteiger partial charge in [0.1, 0.15) is 0 Å². The Labute approximate surface area is 149 Å². The standard InChI is InChI=1S/C21H24N2O2/c1-2-18(15-17-7-4-3-5-8-17)21(24)22-19-9-6-10-20(16-19)23-11-13-25-14-12-23/h3-10,15-16H,2,11-14H2,1H3,(H,22,24)/b18-15+. The number of carbonyl (C=O) groups is 1. The minimum atomic E-state index is -0.0505. The molecule has 0 aliphatic carbocycles. The predicted octanol–water partition coefficient (Wildman–Crippen LogP) is 3.96. The second-order valence-electron chi connectivity index (χ2n) is 6.04. The van der Waals surface area contributed by atoms with Crippen LogP contribution in [0.5, 0.6) is 0 Å². The molecule has 130 valence electrons. The number of hydrogen-bond acceptors (Lipinski definition) is 3. The minimum absolute atomic E-state index is 0.0505. The van der Waals surface area contributed by atoms with Gasteiger partial charge in [0.25, 0.3) is 5.91 Å². The molecule has 2 aromatic carbocycles. The summed E-state index contributed by atoms with van der Waals surface area (Å²) in [7, 11) is 0. The van der Waals surface area contributed by atoms with Crippen LogP contribution in [0.25, 0.3) is 6.08 Å². The second kappa shape index (κ2) is 8.49. The molecule has 4 heteroatoms. The van der Waals surface area contributed by atoms with E-state index in [1.807, 2.05) is 61.5 Å². The van der Waals surface area contributed by atoms with Gasteiger partial charge in [0.2, 0.25) is 0 Å². The maximum Gasteiger partial charge on any atom is 0.251 e. The molecule has 2 aromatic rings. The number of nitrogens with one attached hydrogen (secondary N) is 1. The topological polar surface area (TPSA) is 41.6 Å². The smallest absolute Gasteiger partial charge is 0.251 e. The van der Waals surface area contributed by atoms with E-state index in [-0.39, 0.29) is 5.91 Å². The molecule has 1 heterocycles. The number of anilines is 2. The highest BCUT2D eigenvalue weighted by atomic mass is 16.5. The van der Waals surface area contributed by atoms with E-state index in [0.717, 1.165) is 48.8 Å². The molecule has 0 saturated carbocycles. The highest BCUT2D eigenvalue weighted by Crippen LogP contribution is 2.21. The number of rotatable bonds is 5. The molecule has 0 bridgehead atoms. The first-order chi connectivity index (χ1) is 12.3. The van der Waals surface area contributed by atoms with Crippen LogP contribution in [-0.2, 0) is 9.53 Å². The van der Waals surface area contributed by atoms with Gasteiger partial charge in [0.05, 0.1) is 13.2 Å². The van der Waals surface area contributed by atoms with Gasteiger partial charge in [0, 0.05) is 30.0 Å². The summed E-state index contributed by atoms with van der Waals surface area (Å²) in [5, 5.41) is 3.03. The largest absolute Gasteiger partial charge is 0.378 e. The fourth-order valence-corrected chi connectivity index (χ4v) is 2.89. The maximum absolute atomic E-state index is 12.6. The molecule has 0 unspecified atom stereocenters. The van der Waals surface area contributed by atoms with Crippen LogP contribution in [0.2, 0.25) is 0 Å². The van der Waals surface area contributed by atoms with E-state index in [1.54, 1.807) is 0 Å². The molecule has 1 saturated heterocycles. The first-order valence-electron chi connectivity index (χ1n) is 8.76. The molecule has 1 N–H and O–H groups in total. The Hall–Kier alpha value is -2.59. The van der Waals surface area contributed by atoms with Crippen LogP contribution in [0.15, 0.2) is 60.2 Å². The molecular formula is C21H24N2O2. The van der Waals surface area contributed by atoms with Crippen molar-refractivity contribution in [1.82, 2.24) is 0 Å². The van der Waals surface area contributed by atoms with E-state index in [0.29, 0.717) is 6.42 Å². The van der Waals surface area contributed by atoms with Crippen LogP contribution in [0, 0.1) is 0 Å². The number of amides is 1. The molecule has 1 fully saturated rings. The summed E-state index contributed by atoms with van der Waals surface area (Å²) < 4.78 is 5.40. The molecule has 1 aliphatic heterocycles. The van der Waals surface area contributed by atoms with Crippen LogP contribution in [0.4, 0.5) is 11.4 Å². The van der Waals surface area contributed by atoms with Crippen molar-refractivity contribution in [3.63, 3.8) is 0 Å². The molecule has 0 radical (unpaired) electrons. The van der Waals surface area contributed by atoms with Gasteiger partial charge in [0.15, 0.2) is 0 Å². The zero-order chi connectivity index (χ0) is 17.5. The third kappa shape index (κ3) is 4.70. The second-order valence-corrected chi connectivity index (χ2v) is 6.04. The van der Waals surface area contributed by atoms with Gasteiger partial charge in [-0.05, 0) is 36.3 Å². The highest BCUT2D eigenvalue weighted by molar-refractivity contribution is 6.06. The average molecular weight is 336 g/mol. The Balaban J connectivity index is 1.72. The van der Waals surface area contributed by atoms with Crippen LogP contribution in [-0.4, -0.2) is 32.2 Å².